The Bertz CT molecular complexity index is 521. The molecule has 1 aromatic rings. The van der Waals surface area contributed by atoms with Gasteiger partial charge in [-0.2, -0.15) is 0 Å². The van der Waals surface area contributed by atoms with Gasteiger partial charge < -0.3 is 20.1 Å². The summed E-state index contributed by atoms with van der Waals surface area (Å²) in [6.45, 7) is 0.151. The normalized spacial score (nSPS) is 20.7. The molecule has 0 heterocycles. The van der Waals surface area contributed by atoms with Gasteiger partial charge in [-0.15, -0.1) is 0 Å². The van der Waals surface area contributed by atoms with Gasteiger partial charge in [0.25, 0.3) is 0 Å². The van der Waals surface area contributed by atoms with Gasteiger partial charge in [0, 0.05) is 13.1 Å². The molecule has 1 aliphatic carbocycles. The number of rotatable bonds is 6. The maximum Gasteiger partial charge on any atom is 0.410 e. The Morgan fingerprint density at radius 1 is 1.26 bits per heavy atom. The number of carboxylic acids is 1. The molecule has 0 bridgehead atoms. The summed E-state index contributed by atoms with van der Waals surface area (Å²) in [4.78, 5) is 24.6. The van der Waals surface area contributed by atoms with Gasteiger partial charge >= 0.3 is 12.1 Å². The molecule has 0 spiro atoms. The van der Waals surface area contributed by atoms with E-state index in [9.17, 15) is 9.59 Å². The fraction of sp³-hybridized carbons (Fsp3) is 0.529. The molecule has 6 nitrogen and oxygen atoms in total. The summed E-state index contributed by atoms with van der Waals surface area (Å²) in [6.07, 6.45) is 3.43. The van der Waals surface area contributed by atoms with E-state index in [-0.39, 0.29) is 31.3 Å². The van der Waals surface area contributed by atoms with Crippen molar-refractivity contribution < 1.29 is 19.4 Å². The summed E-state index contributed by atoms with van der Waals surface area (Å²) in [5, 5.41) is 11.9. The zero-order valence-electron chi connectivity index (χ0n) is 13.4. The summed E-state index contributed by atoms with van der Waals surface area (Å²) in [7, 11) is 1.72. The van der Waals surface area contributed by atoms with Gasteiger partial charge in [0.15, 0.2) is 0 Å². The number of nitrogens with one attached hydrogen (secondary N) is 1. The summed E-state index contributed by atoms with van der Waals surface area (Å²) in [5.74, 6) is -0.886. The van der Waals surface area contributed by atoms with Crippen LogP contribution in [0.5, 0.6) is 0 Å². The van der Waals surface area contributed by atoms with Crippen molar-refractivity contribution in [3.8, 4) is 0 Å². The van der Waals surface area contributed by atoms with E-state index in [4.69, 9.17) is 9.84 Å². The Morgan fingerprint density at radius 3 is 2.65 bits per heavy atom. The predicted octanol–water partition coefficient (Wildman–Crippen LogP) is 2.24. The SMILES string of the molecule is CN(C(=O)OCc1ccccc1)[C@@H]1CCCC[C@H]1NCC(=O)O. The zero-order chi connectivity index (χ0) is 16.7. The molecule has 0 radical (unpaired) electrons. The molecule has 2 atom stereocenters. The maximum absolute atomic E-state index is 12.3. The van der Waals surface area contributed by atoms with Crippen molar-refractivity contribution in [3.63, 3.8) is 0 Å². The molecule has 1 aliphatic rings. The summed E-state index contributed by atoms with van der Waals surface area (Å²) < 4.78 is 5.36. The number of aliphatic carboxylic acids is 1. The lowest BCUT2D eigenvalue weighted by Gasteiger charge is -2.37. The number of ether oxygens (including phenoxy) is 1. The largest absolute Gasteiger partial charge is 0.480 e. The average molecular weight is 320 g/mol. The number of carbonyl (C=O) groups excluding carboxylic acids is 1. The number of carboxylic acid groups (broad SMARTS) is 1. The molecule has 2 N–H and O–H groups in total. The summed E-state index contributed by atoms with van der Waals surface area (Å²) in [5.41, 5.74) is 0.943. The van der Waals surface area contributed by atoms with Crippen molar-refractivity contribution in [1.82, 2.24) is 10.2 Å². The Balaban J connectivity index is 1.89. The van der Waals surface area contributed by atoms with Gasteiger partial charge in [0.2, 0.25) is 0 Å². The summed E-state index contributed by atoms with van der Waals surface area (Å²) in [6, 6.07) is 9.49. The second-order valence-electron chi connectivity index (χ2n) is 5.88. The van der Waals surface area contributed by atoms with Crippen LogP contribution in [-0.2, 0) is 16.1 Å². The molecule has 6 heteroatoms. The highest BCUT2D eigenvalue weighted by Crippen LogP contribution is 2.23. The second kappa shape index (κ2) is 8.53. The third kappa shape index (κ3) is 5.25. The molecule has 1 fully saturated rings. The zero-order valence-corrected chi connectivity index (χ0v) is 13.4. The second-order valence-corrected chi connectivity index (χ2v) is 5.88. The van der Waals surface area contributed by atoms with E-state index in [1.807, 2.05) is 30.3 Å². The van der Waals surface area contributed by atoms with E-state index in [1.165, 1.54) is 0 Å². The monoisotopic (exact) mass is 320 g/mol. The van der Waals surface area contributed by atoms with E-state index in [0.717, 1.165) is 31.2 Å². The lowest BCUT2D eigenvalue weighted by molar-refractivity contribution is -0.136. The minimum absolute atomic E-state index is 0.00544. The van der Waals surface area contributed by atoms with Crippen molar-refractivity contribution in [3.05, 3.63) is 35.9 Å². The topological polar surface area (TPSA) is 78.9 Å². The first-order chi connectivity index (χ1) is 11.1. The number of amides is 1. The fourth-order valence-electron chi connectivity index (χ4n) is 2.99. The quantitative estimate of drug-likeness (QED) is 0.840. The average Bonchev–Trinajstić information content (AvgIpc) is 2.58. The molecule has 1 saturated carbocycles. The van der Waals surface area contributed by atoms with Crippen molar-refractivity contribution in [2.24, 2.45) is 0 Å². The van der Waals surface area contributed by atoms with Crippen molar-refractivity contribution in [2.75, 3.05) is 13.6 Å². The van der Waals surface area contributed by atoms with Crippen LogP contribution in [0.25, 0.3) is 0 Å². The van der Waals surface area contributed by atoms with Crippen LogP contribution in [0.15, 0.2) is 30.3 Å². The molecule has 0 saturated heterocycles. The molecule has 0 aromatic heterocycles. The fourth-order valence-corrected chi connectivity index (χ4v) is 2.99. The smallest absolute Gasteiger partial charge is 0.410 e. The minimum atomic E-state index is -0.886. The highest BCUT2D eigenvalue weighted by molar-refractivity contribution is 5.69. The first-order valence-corrected chi connectivity index (χ1v) is 7.96. The van der Waals surface area contributed by atoms with Crippen LogP contribution in [0.3, 0.4) is 0 Å². The lowest BCUT2D eigenvalue weighted by atomic mass is 9.89. The number of hydrogen-bond acceptors (Lipinski definition) is 4. The van der Waals surface area contributed by atoms with Crippen molar-refractivity contribution in [1.29, 1.82) is 0 Å². The first kappa shape index (κ1) is 17.3. The van der Waals surface area contributed by atoms with E-state index in [0.29, 0.717) is 0 Å². The van der Waals surface area contributed by atoms with Gasteiger partial charge in [0.05, 0.1) is 12.6 Å². The molecule has 1 aromatic carbocycles. The molecular weight excluding hydrogens is 296 g/mol. The number of nitrogens with zero attached hydrogens (tertiary/aromatic N) is 1. The van der Waals surface area contributed by atoms with E-state index < -0.39 is 5.97 Å². The van der Waals surface area contributed by atoms with E-state index >= 15 is 0 Å². The van der Waals surface area contributed by atoms with Gasteiger partial charge in [-0.25, -0.2) is 4.79 Å². The Morgan fingerprint density at radius 2 is 1.96 bits per heavy atom. The predicted molar refractivity (Wildman–Crippen MR) is 86.1 cm³/mol. The van der Waals surface area contributed by atoms with Crippen LogP contribution in [0.2, 0.25) is 0 Å². The van der Waals surface area contributed by atoms with Crippen molar-refractivity contribution in [2.45, 2.75) is 44.4 Å². The molecule has 126 valence electrons. The molecule has 1 amide bonds. The van der Waals surface area contributed by atoms with E-state index in [1.54, 1.807) is 11.9 Å². The van der Waals surface area contributed by atoms with Crippen LogP contribution in [-0.4, -0.2) is 47.7 Å². The van der Waals surface area contributed by atoms with Gasteiger partial charge in [0.1, 0.15) is 6.61 Å². The molecule has 0 unspecified atom stereocenters. The standard InChI is InChI=1S/C17H24N2O4/c1-19(17(22)23-12-13-7-3-2-4-8-13)15-10-6-5-9-14(15)18-11-16(20)21/h2-4,7-8,14-15,18H,5-6,9-12H2,1H3,(H,20,21)/t14-,15-/m1/s1. The minimum Gasteiger partial charge on any atom is -0.480 e. The molecule has 0 aliphatic heterocycles. The van der Waals surface area contributed by atoms with Gasteiger partial charge in [-0.3, -0.25) is 4.79 Å². The Labute approximate surface area is 136 Å². The molecule has 23 heavy (non-hydrogen) atoms. The maximum atomic E-state index is 12.3. The van der Waals surface area contributed by atoms with Crippen molar-refractivity contribution >= 4 is 12.1 Å². The molecule has 2 rings (SSSR count). The highest BCUT2D eigenvalue weighted by atomic mass is 16.6. The van der Waals surface area contributed by atoms with Gasteiger partial charge in [-0.05, 0) is 18.4 Å². The number of hydrogen-bond donors (Lipinski definition) is 2. The third-order valence-corrected chi connectivity index (χ3v) is 4.24. The number of benzene rings is 1. The third-order valence-electron chi connectivity index (χ3n) is 4.24. The van der Waals surface area contributed by atoms with E-state index in [2.05, 4.69) is 5.32 Å². The summed E-state index contributed by atoms with van der Waals surface area (Å²) >= 11 is 0. The van der Waals surface area contributed by atoms with Crippen LogP contribution in [0, 0.1) is 0 Å². The van der Waals surface area contributed by atoms with Gasteiger partial charge in [-0.1, -0.05) is 43.2 Å². The van der Waals surface area contributed by atoms with Crippen LogP contribution in [0.4, 0.5) is 4.79 Å². The van der Waals surface area contributed by atoms with Crippen LogP contribution < -0.4 is 5.32 Å². The Kier molecular flexibility index (Phi) is 6.40. The first-order valence-electron chi connectivity index (χ1n) is 7.96. The van der Waals surface area contributed by atoms with Crippen LogP contribution >= 0.6 is 0 Å². The highest BCUT2D eigenvalue weighted by Gasteiger charge is 2.31. The lowest BCUT2D eigenvalue weighted by Crippen LogP contribution is -2.53. The molecular formula is C17H24N2O4. The van der Waals surface area contributed by atoms with Crippen LogP contribution in [0.1, 0.15) is 31.2 Å². The number of carbonyl (C=O) groups is 2. The Hall–Kier alpha value is -2.08. The number of likely N-dealkylation sites (N-methyl/N-ethyl adjacent to an activating group) is 1.